The van der Waals surface area contributed by atoms with E-state index in [-0.39, 0.29) is 6.10 Å². The minimum absolute atomic E-state index is 0.172. The van der Waals surface area contributed by atoms with E-state index in [0.717, 1.165) is 17.9 Å². The van der Waals surface area contributed by atoms with Crippen LogP contribution in [0.5, 0.6) is 0 Å². The number of rotatable bonds is 6. The molecule has 0 aliphatic heterocycles. The molecule has 0 saturated carbocycles. The van der Waals surface area contributed by atoms with E-state index in [1.807, 2.05) is 30.3 Å². The zero-order valence-corrected chi connectivity index (χ0v) is 9.58. The maximum atomic E-state index is 5.68. The van der Waals surface area contributed by atoms with Gasteiger partial charge in [0.05, 0.1) is 12.9 Å². The average Bonchev–Trinajstić information content (AvgIpc) is 2.90. The van der Waals surface area contributed by atoms with Gasteiger partial charge in [-0.05, 0) is 24.3 Å². The van der Waals surface area contributed by atoms with E-state index >= 15 is 0 Å². The standard InChI is InChI=1S/C13H16N2O2/c14-10-13(12-5-3-8-16-12)17-9-6-11-4-1-2-7-15-11/h1-5,7-8,13H,6,9-10,14H2. The molecule has 0 radical (unpaired) electrons. The first-order valence-electron chi connectivity index (χ1n) is 5.65. The molecule has 4 nitrogen and oxygen atoms in total. The SMILES string of the molecule is NCC(OCCc1ccccn1)c1ccco1. The largest absolute Gasteiger partial charge is 0.467 e. The van der Waals surface area contributed by atoms with E-state index in [1.165, 1.54) is 0 Å². The molecule has 0 saturated heterocycles. The summed E-state index contributed by atoms with van der Waals surface area (Å²) in [7, 11) is 0. The van der Waals surface area contributed by atoms with Gasteiger partial charge < -0.3 is 14.9 Å². The molecule has 0 bridgehead atoms. The number of hydrogen-bond donors (Lipinski definition) is 1. The first-order valence-corrected chi connectivity index (χ1v) is 5.65. The fourth-order valence-corrected chi connectivity index (χ4v) is 1.59. The molecule has 0 aliphatic rings. The van der Waals surface area contributed by atoms with Crippen LogP contribution in [0.2, 0.25) is 0 Å². The Morgan fingerprint density at radius 1 is 1.29 bits per heavy atom. The molecule has 0 spiro atoms. The lowest BCUT2D eigenvalue weighted by atomic mass is 10.2. The van der Waals surface area contributed by atoms with Gasteiger partial charge in [-0.1, -0.05) is 6.07 Å². The third-order valence-corrected chi connectivity index (χ3v) is 2.48. The molecule has 0 fully saturated rings. The highest BCUT2D eigenvalue weighted by atomic mass is 16.5. The first kappa shape index (κ1) is 11.8. The molecule has 1 unspecified atom stereocenters. The molecule has 17 heavy (non-hydrogen) atoms. The van der Waals surface area contributed by atoms with E-state index in [2.05, 4.69) is 4.98 Å². The lowest BCUT2D eigenvalue weighted by Gasteiger charge is -2.13. The maximum Gasteiger partial charge on any atom is 0.133 e. The van der Waals surface area contributed by atoms with Gasteiger partial charge in [0.25, 0.3) is 0 Å². The van der Waals surface area contributed by atoms with Gasteiger partial charge in [0, 0.05) is 24.9 Å². The molecule has 90 valence electrons. The highest BCUT2D eigenvalue weighted by Crippen LogP contribution is 2.16. The van der Waals surface area contributed by atoms with Gasteiger partial charge in [-0.2, -0.15) is 0 Å². The first-order chi connectivity index (χ1) is 8.40. The number of ether oxygens (including phenoxy) is 1. The van der Waals surface area contributed by atoms with Crippen molar-refractivity contribution in [1.82, 2.24) is 4.98 Å². The molecule has 4 heteroatoms. The summed E-state index contributed by atoms with van der Waals surface area (Å²) in [6.07, 6.45) is 4.01. The molecule has 2 aromatic rings. The summed E-state index contributed by atoms with van der Waals surface area (Å²) in [5, 5.41) is 0. The second-order valence-corrected chi connectivity index (χ2v) is 3.68. The lowest BCUT2D eigenvalue weighted by molar-refractivity contribution is 0.0454. The Morgan fingerprint density at radius 3 is 2.88 bits per heavy atom. The molecular weight excluding hydrogens is 216 g/mol. The Kier molecular flexibility index (Phi) is 4.30. The zero-order valence-electron chi connectivity index (χ0n) is 9.58. The summed E-state index contributed by atoms with van der Waals surface area (Å²) in [4.78, 5) is 4.23. The van der Waals surface area contributed by atoms with Crippen LogP contribution >= 0.6 is 0 Å². The lowest BCUT2D eigenvalue weighted by Crippen LogP contribution is -2.16. The van der Waals surface area contributed by atoms with Gasteiger partial charge in [-0.3, -0.25) is 4.98 Å². The zero-order chi connectivity index (χ0) is 11.9. The van der Waals surface area contributed by atoms with Crippen molar-refractivity contribution in [2.75, 3.05) is 13.2 Å². The molecule has 0 aromatic carbocycles. The van der Waals surface area contributed by atoms with E-state index < -0.39 is 0 Å². The van der Waals surface area contributed by atoms with Crippen LogP contribution in [0.3, 0.4) is 0 Å². The summed E-state index contributed by atoms with van der Waals surface area (Å²) in [5.41, 5.74) is 6.66. The number of furan rings is 1. The monoisotopic (exact) mass is 232 g/mol. The van der Waals surface area contributed by atoms with Crippen LogP contribution in [-0.4, -0.2) is 18.1 Å². The van der Waals surface area contributed by atoms with Gasteiger partial charge in [-0.25, -0.2) is 0 Å². The van der Waals surface area contributed by atoms with Crippen LogP contribution < -0.4 is 5.73 Å². The van der Waals surface area contributed by atoms with Crippen LogP contribution in [0, 0.1) is 0 Å². The number of nitrogens with two attached hydrogens (primary N) is 1. The predicted octanol–water partition coefficient (Wildman–Crippen LogP) is 1.93. The van der Waals surface area contributed by atoms with Crippen LogP contribution in [0.4, 0.5) is 0 Å². The van der Waals surface area contributed by atoms with Crippen molar-refractivity contribution in [1.29, 1.82) is 0 Å². The molecule has 1 atom stereocenters. The summed E-state index contributed by atoms with van der Waals surface area (Å²) < 4.78 is 10.9. The molecule has 0 aliphatic carbocycles. The topological polar surface area (TPSA) is 61.3 Å². The molecule has 2 rings (SSSR count). The van der Waals surface area contributed by atoms with Gasteiger partial charge in [0.2, 0.25) is 0 Å². The van der Waals surface area contributed by atoms with E-state index in [1.54, 1.807) is 12.5 Å². The van der Waals surface area contributed by atoms with Crippen molar-refractivity contribution in [3.05, 3.63) is 54.2 Å². The van der Waals surface area contributed by atoms with E-state index in [9.17, 15) is 0 Å². The number of aromatic nitrogens is 1. The fourth-order valence-electron chi connectivity index (χ4n) is 1.59. The third-order valence-electron chi connectivity index (χ3n) is 2.48. The van der Waals surface area contributed by atoms with Gasteiger partial charge in [0.15, 0.2) is 0 Å². The van der Waals surface area contributed by atoms with Gasteiger partial charge >= 0.3 is 0 Å². The van der Waals surface area contributed by atoms with Crippen molar-refractivity contribution in [2.24, 2.45) is 5.73 Å². The van der Waals surface area contributed by atoms with Crippen LogP contribution in [0.25, 0.3) is 0 Å². The Labute approximate surface area is 100 Å². The van der Waals surface area contributed by atoms with Crippen molar-refractivity contribution < 1.29 is 9.15 Å². The quantitative estimate of drug-likeness (QED) is 0.826. The van der Waals surface area contributed by atoms with Crippen molar-refractivity contribution in [3.63, 3.8) is 0 Å². The van der Waals surface area contributed by atoms with Crippen LogP contribution in [0.15, 0.2) is 47.2 Å². The third kappa shape index (κ3) is 3.41. The Bertz CT molecular complexity index is 414. The maximum absolute atomic E-state index is 5.68. The molecule has 0 amide bonds. The Balaban J connectivity index is 1.81. The normalized spacial score (nSPS) is 12.5. The predicted molar refractivity (Wildman–Crippen MR) is 64.4 cm³/mol. The number of hydrogen-bond acceptors (Lipinski definition) is 4. The van der Waals surface area contributed by atoms with Crippen molar-refractivity contribution in [2.45, 2.75) is 12.5 Å². The van der Waals surface area contributed by atoms with E-state index in [4.69, 9.17) is 14.9 Å². The van der Waals surface area contributed by atoms with E-state index in [0.29, 0.717) is 13.2 Å². The second-order valence-electron chi connectivity index (χ2n) is 3.68. The minimum atomic E-state index is -0.172. The number of nitrogens with zero attached hydrogens (tertiary/aromatic N) is 1. The molecule has 2 heterocycles. The second kappa shape index (κ2) is 6.18. The van der Waals surface area contributed by atoms with Gasteiger partial charge in [0.1, 0.15) is 11.9 Å². The smallest absolute Gasteiger partial charge is 0.133 e. The summed E-state index contributed by atoms with van der Waals surface area (Å²) in [6, 6.07) is 9.55. The average molecular weight is 232 g/mol. The van der Waals surface area contributed by atoms with Crippen LogP contribution in [0.1, 0.15) is 17.6 Å². The molecular formula is C13H16N2O2. The Hall–Kier alpha value is -1.65. The highest BCUT2D eigenvalue weighted by molar-refractivity contribution is 5.04. The minimum Gasteiger partial charge on any atom is -0.467 e. The Morgan fingerprint density at radius 2 is 2.24 bits per heavy atom. The fraction of sp³-hybridized carbons (Fsp3) is 0.308. The van der Waals surface area contributed by atoms with Crippen molar-refractivity contribution >= 4 is 0 Å². The van der Waals surface area contributed by atoms with Gasteiger partial charge in [-0.15, -0.1) is 0 Å². The van der Waals surface area contributed by atoms with Crippen LogP contribution in [-0.2, 0) is 11.2 Å². The molecule has 2 N–H and O–H groups in total. The van der Waals surface area contributed by atoms with Crippen molar-refractivity contribution in [3.8, 4) is 0 Å². The summed E-state index contributed by atoms with van der Waals surface area (Å²) in [6.45, 7) is 0.995. The molecule has 2 aromatic heterocycles. The summed E-state index contributed by atoms with van der Waals surface area (Å²) in [5.74, 6) is 0.772. The highest BCUT2D eigenvalue weighted by Gasteiger charge is 2.12. The summed E-state index contributed by atoms with van der Waals surface area (Å²) >= 11 is 0. The number of pyridine rings is 1.